The molecule has 0 aromatic carbocycles. The fourth-order valence-corrected chi connectivity index (χ4v) is 4.03. The molecule has 1 heterocycles. The van der Waals surface area contributed by atoms with Gasteiger partial charge in [0.1, 0.15) is 0 Å². The van der Waals surface area contributed by atoms with Gasteiger partial charge in [0.25, 0.3) is 0 Å². The normalized spacial score (nSPS) is 38.8. The van der Waals surface area contributed by atoms with Crippen LogP contribution in [0.5, 0.6) is 0 Å². The summed E-state index contributed by atoms with van der Waals surface area (Å²) in [5, 5.41) is 10.4. The largest absolute Gasteiger partial charge is 0.391 e. The zero-order chi connectivity index (χ0) is 13.4. The van der Waals surface area contributed by atoms with Gasteiger partial charge in [0.05, 0.1) is 6.10 Å². The number of aliphatic hydroxyl groups excluding tert-OH is 1. The van der Waals surface area contributed by atoms with Gasteiger partial charge in [-0.15, -0.1) is 0 Å². The first-order valence-electron chi connectivity index (χ1n) is 8.31. The molecule has 3 heteroatoms. The number of piperazine rings is 1. The SMILES string of the molecule is CC(C)C1CCC(O)C(N2CCN(C3CC3)CC2)C1. The summed E-state index contributed by atoms with van der Waals surface area (Å²) >= 11 is 0. The lowest BCUT2D eigenvalue weighted by atomic mass is 9.77. The second-order valence-corrected chi connectivity index (χ2v) is 7.25. The Morgan fingerprint density at radius 3 is 2.11 bits per heavy atom. The second-order valence-electron chi connectivity index (χ2n) is 7.25. The summed E-state index contributed by atoms with van der Waals surface area (Å²) in [5.74, 6) is 1.58. The van der Waals surface area contributed by atoms with E-state index in [4.69, 9.17) is 0 Å². The zero-order valence-corrected chi connectivity index (χ0v) is 12.6. The van der Waals surface area contributed by atoms with E-state index < -0.39 is 0 Å². The van der Waals surface area contributed by atoms with Crippen LogP contribution in [0.4, 0.5) is 0 Å². The van der Waals surface area contributed by atoms with Crippen molar-refractivity contribution in [2.24, 2.45) is 11.8 Å². The van der Waals surface area contributed by atoms with Gasteiger partial charge in [-0.3, -0.25) is 9.80 Å². The molecule has 110 valence electrons. The van der Waals surface area contributed by atoms with E-state index in [1.165, 1.54) is 51.9 Å². The molecule has 2 aliphatic carbocycles. The topological polar surface area (TPSA) is 26.7 Å². The Balaban J connectivity index is 1.54. The van der Waals surface area contributed by atoms with Gasteiger partial charge in [-0.25, -0.2) is 0 Å². The van der Waals surface area contributed by atoms with E-state index in [2.05, 4.69) is 23.6 Å². The molecule has 3 unspecified atom stereocenters. The minimum absolute atomic E-state index is 0.0810. The summed E-state index contributed by atoms with van der Waals surface area (Å²) in [6, 6.07) is 1.34. The van der Waals surface area contributed by atoms with E-state index in [1.54, 1.807) is 0 Å². The lowest BCUT2D eigenvalue weighted by molar-refractivity contribution is -0.0240. The first-order chi connectivity index (χ1) is 9.15. The monoisotopic (exact) mass is 266 g/mol. The molecule has 3 fully saturated rings. The maximum absolute atomic E-state index is 10.4. The van der Waals surface area contributed by atoms with Crippen molar-refractivity contribution in [1.29, 1.82) is 0 Å². The second kappa shape index (κ2) is 5.71. The highest BCUT2D eigenvalue weighted by Crippen LogP contribution is 2.34. The lowest BCUT2D eigenvalue weighted by Crippen LogP contribution is -2.55. The summed E-state index contributed by atoms with van der Waals surface area (Å²) < 4.78 is 0. The number of rotatable bonds is 3. The van der Waals surface area contributed by atoms with Gasteiger partial charge in [-0.2, -0.15) is 0 Å². The van der Waals surface area contributed by atoms with Crippen LogP contribution in [0.25, 0.3) is 0 Å². The maximum Gasteiger partial charge on any atom is 0.0695 e. The van der Waals surface area contributed by atoms with Crippen LogP contribution in [0, 0.1) is 11.8 Å². The Kier molecular flexibility index (Phi) is 4.16. The highest BCUT2D eigenvalue weighted by atomic mass is 16.3. The summed E-state index contributed by atoms with van der Waals surface area (Å²) in [5.41, 5.74) is 0. The Hall–Kier alpha value is -0.120. The van der Waals surface area contributed by atoms with Crippen LogP contribution in [0.3, 0.4) is 0 Å². The van der Waals surface area contributed by atoms with Crippen molar-refractivity contribution in [2.75, 3.05) is 26.2 Å². The quantitative estimate of drug-likeness (QED) is 0.846. The van der Waals surface area contributed by atoms with Crippen molar-refractivity contribution in [1.82, 2.24) is 9.80 Å². The average molecular weight is 266 g/mol. The molecule has 0 spiro atoms. The Labute approximate surface area is 118 Å². The summed E-state index contributed by atoms with van der Waals surface area (Å²) in [7, 11) is 0. The Bertz CT molecular complexity index is 295. The van der Waals surface area contributed by atoms with Crippen LogP contribution in [0.15, 0.2) is 0 Å². The van der Waals surface area contributed by atoms with Crippen molar-refractivity contribution < 1.29 is 5.11 Å². The van der Waals surface area contributed by atoms with Crippen LogP contribution in [-0.2, 0) is 0 Å². The van der Waals surface area contributed by atoms with Gasteiger partial charge in [0.15, 0.2) is 0 Å². The van der Waals surface area contributed by atoms with Crippen LogP contribution in [0.1, 0.15) is 46.0 Å². The predicted octanol–water partition coefficient (Wildman–Crippen LogP) is 1.95. The van der Waals surface area contributed by atoms with Crippen molar-refractivity contribution in [3.63, 3.8) is 0 Å². The van der Waals surface area contributed by atoms with E-state index in [0.717, 1.165) is 24.3 Å². The predicted molar refractivity (Wildman–Crippen MR) is 78.1 cm³/mol. The molecular weight excluding hydrogens is 236 g/mol. The van der Waals surface area contributed by atoms with Crippen molar-refractivity contribution in [3.8, 4) is 0 Å². The van der Waals surface area contributed by atoms with E-state index >= 15 is 0 Å². The third-order valence-electron chi connectivity index (χ3n) is 5.65. The number of nitrogens with zero attached hydrogens (tertiary/aromatic N) is 2. The fraction of sp³-hybridized carbons (Fsp3) is 1.00. The molecule has 3 rings (SSSR count). The summed E-state index contributed by atoms with van der Waals surface area (Å²) in [6.45, 7) is 9.46. The third-order valence-corrected chi connectivity index (χ3v) is 5.65. The Morgan fingerprint density at radius 2 is 1.53 bits per heavy atom. The van der Waals surface area contributed by atoms with E-state index in [9.17, 15) is 5.11 Å². The number of aliphatic hydroxyl groups is 1. The molecule has 3 aliphatic rings. The van der Waals surface area contributed by atoms with Crippen molar-refractivity contribution in [2.45, 2.75) is 64.1 Å². The molecule has 1 aliphatic heterocycles. The van der Waals surface area contributed by atoms with Crippen LogP contribution >= 0.6 is 0 Å². The minimum atomic E-state index is -0.0810. The zero-order valence-electron chi connectivity index (χ0n) is 12.6. The van der Waals surface area contributed by atoms with Crippen molar-refractivity contribution >= 4 is 0 Å². The molecule has 1 saturated heterocycles. The first-order valence-corrected chi connectivity index (χ1v) is 8.31. The minimum Gasteiger partial charge on any atom is -0.391 e. The van der Waals surface area contributed by atoms with E-state index in [-0.39, 0.29) is 6.10 Å². The highest BCUT2D eigenvalue weighted by molar-refractivity contribution is 4.92. The number of hydrogen-bond donors (Lipinski definition) is 1. The van der Waals surface area contributed by atoms with Gasteiger partial charge in [-0.05, 0) is 43.9 Å². The lowest BCUT2D eigenvalue weighted by Gasteiger charge is -2.45. The van der Waals surface area contributed by atoms with Crippen molar-refractivity contribution in [3.05, 3.63) is 0 Å². The molecule has 1 N–H and O–H groups in total. The van der Waals surface area contributed by atoms with Gasteiger partial charge >= 0.3 is 0 Å². The summed E-state index contributed by atoms with van der Waals surface area (Å²) in [4.78, 5) is 5.24. The fourth-order valence-electron chi connectivity index (χ4n) is 4.03. The molecule has 0 bridgehead atoms. The third kappa shape index (κ3) is 3.14. The molecule has 2 saturated carbocycles. The highest BCUT2D eigenvalue weighted by Gasteiger charge is 2.37. The van der Waals surface area contributed by atoms with Gasteiger partial charge in [0, 0.05) is 38.3 Å². The molecule has 19 heavy (non-hydrogen) atoms. The maximum atomic E-state index is 10.4. The molecule has 3 atom stereocenters. The van der Waals surface area contributed by atoms with Gasteiger partial charge in [0.2, 0.25) is 0 Å². The first kappa shape index (κ1) is 13.8. The number of hydrogen-bond acceptors (Lipinski definition) is 3. The van der Waals surface area contributed by atoms with Gasteiger partial charge in [-0.1, -0.05) is 13.8 Å². The summed E-state index contributed by atoms with van der Waals surface area (Å²) in [6.07, 6.45) is 6.20. The molecule has 0 aromatic rings. The van der Waals surface area contributed by atoms with E-state index in [0.29, 0.717) is 6.04 Å². The van der Waals surface area contributed by atoms with Crippen LogP contribution in [-0.4, -0.2) is 59.3 Å². The molecule has 3 nitrogen and oxygen atoms in total. The van der Waals surface area contributed by atoms with Crippen LogP contribution in [0.2, 0.25) is 0 Å². The standard InChI is InChI=1S/C16H30N2O/c1-12(2)13-3-6-16(19)15(11-13)18-9-7-17(8-10-18)14-4-5-14/h12-16,19H,3-11H2,1-2H3. The molecule has 0 aromatic heterocycles. The average Bonchev–Trinajstić information content (AvgIpc) is 3.23. The van der Waals surface area contributed by atoms with Crippen LogP contribution < -0.4 is 0 Å². The molecule has 0 amide bonds. The molecule has 0 radical (unpaired) electrons. The van der Waals surface area contributed by atoms with E-state index in [1.807, 2.05) is 0 Å². The van der Waals surface area contributed by atoms with Gasteiger partial charge < -0.3 is 5.11 Å². The Morgan fingerprint density at radius 1 is 0.895 bits per heavy atom. The molecular formula is C16H30N2O. The smallest absolute Gasteiger partial charge is 0.0695 e.